The van der Waals surface area contributed by atoms with Crippen LogP contribution in [0.4, 0.5) is 0 Å². The Hall–Kier alpha value is 1.74. The van der Waals surface area contributed by atoms with Crippen molar-refractivity contribution in [2.45, 2.75) is 6.10 Å². The van der Waals surface area contributed by atoms with Crippen LogP contribution in [0.3, 0.4) is 0 Å². The van der Waals surface area contributed by atoms with E-state index in [1.807, 2.05) is 0 Å². The van der Waals surface area contributed by atoms with Crippen LogP contribution >= 0.6 is 15.6 Å². The van der Waals surface area contributed by atoms with Gasteiger partial charge in [-0.15, -0.1) is 0 Å². The molecule has 0 aromatic carbocycles. The Morgan fingerprint density at radius 2 is 0.882 bits per heavy atom. The van der Waals surface area contributed by atoms with Crippen molar-refractivity contribution in [3.63, 3.8) is 0 Å². The topological polar surface area (TPSA) is 216 Å². The minimum atomic E-state index is -4.64. The van der Waals surface area contributed by atoms with Crippen LogP contribution in [0.5, 0.6) is 0 Å². The predicted octanol–water partition coefficient (Wildman–Crippen LogP) is -4.17. The molecule has 0 aromatic rings. The Balaban J connectivity index is -0.0000000729. The van der Waals surface area contributed by atoms with Crippen molar-refractivity contribution in [1.29, 1.82) is 0 Å². The summed E-state index contributed by atoms with van der Waals surface area (Å²) in [5.74, 6) is 0. The maximum absolute atomic E-state index is 8.88. The van der Waals surface area contributed by atoms with E-state index in [1.54, 1.807) is 0 Å². The Morgan fingerprint density at radius 3 is 0.882 bits per heavy atom. The first-order valence-corrected chi connectivity index (χ1v) is 6.40. The van der Waals surface area contributed by atoms with Crippen molar-refractivity contribution in [3.8, 4) is 0 Å². The molecule has 0 rings (SSSR count). The summed E-state index contributed by atoms with van der Waals surface area (Å²) < 4.78 is 17.8. The van der Waals surface area contributed by atoms with Gasteiger partial charge < -0.3 is 44.7 Å². The fourth-order valence-corrected chi connectivity index (χ4v) is 0.0577. The van der Waals surface area contributed by atoms with Crippen molar-refractivity contribution in [2.75, 3.05) is 13.2 Å². The Kier molecular flexibility index (Phi) is 22.6. The Bertz CT molecular complexity index is 192. The first-order valence-electron chi connectivity index (χ1n) is 3.27. The fourth-order valence-electron chi connectivity index (χ4n) is 0.0577. The summed E-state index contributed by atoms with van der Waals surface area (Å²) in [5.41, 5.74) is 0. The molecule has 0 amide bonds. The fraction of sp³-hybridized carbons (Fsp3) is 1.00. The Morgan fingerprint density at radius 1 is 0.765 bits per heavy atom. The molecule has 0 aliphatic carbocycles. The standard InChI is InChI=1S/C3H8O3.K.2H3O4P.H/c4-1-3(6)2-5;;2*1-5(2,3)4;/h3-6H,1-2H2;;2*(H3,1,2,3,4);. The van der Waals surface area contributed by atoms with Crippen LogP contribution in [0.15, 0.2) is 0 Å². The van der Waals surface area contributed by atoms with Gasteiger partial charge in [0.15, 0.2) is 0 Å². The molecule has 0 heterocycles. The van der Waals surface area contributed by atoms with E-state index >= 15 is 0 Å². The normalized spacial score (nSPS) is 10.5. The number of hydrogen-bond acceptors (Lipinski definition) is 5. The van der Waals surface area contributed by atoms with Crippen LogP contribution in [-0.4, -0.2) is 115 Å². The first-order chi connectivity index (χ1) is 6.81. The average Bonchev–Trinajstić information content (AvgIpc) is 1.96. The van der Waals surface area contributed by atoms with Gasteiger partial charge in [-0.2, -0.15) is 0 Å². The van der Waals surface area contributed by atoms with Gasteiger partial charge in [-0.3, -0.25) is 0 Å². The molecule has 11 nitrogen and oxygen atoms in total. The second-order valence-corrected chi connectivity index (χ2v) is 4.10. The first kappa shape index (κ1) is 27.1. The molecular formula is C3H15KO11P2. The van der Waals surface area contributed by atoms with Crippen LogP contribution in [-0.2, 0) is 9.13 Å². The van der Waals surface area contributed by atoms with Gasteiger partial charge in [0.2, 0.25) is 0 Å². The molecule has 0 aromatic heterocycles. The molecule has 0 spiro atoms. The summed E-state index contributed by atoms with van der Waals surface area (Å²) in [6.07, 6.45) is -0.954. The van der Waals surface area contributed by atoms with E-state index in [0.29, 0.717) is 0 Å². The van der Waals surface area contributed by atoms with E-state index in [4.69, 9.17) is 53.8 Å². The minimum absolute atomic E-state index is 0. The van der Waals surface area contributed by atoms with E-state index in [9.17, 15) is 0 Å². The van der Waals surface area contributed by atoms with Crippen LogP contribution < -0.4 is 0 Å². The summed E-state index contributed by atoms with van der Waals surface area (Å²) in [4.78, 5) is 43.1. The maximum atomic E-state index is 8.88. The van der Waals surface area contributed by atoms with Crippen LogP contribution in [0, 0.1) is 0 Å². The monoisotopic (exact) mass is 328 g/mol. The molecule has 0 radical (unpaired) electrons. The number of phosphoric acid groups is 2. The van der Waals surface area contributed by atoms with Crippen molar-refractivity contribution in [1.82, 2.24) is 0 Å². The van der Waals surface area contributed by atoms with E-state index in [-0.39, 0.29) is 64.6 Å². The van der Waals surface area contributed by atoms with Gasteiger partial charge in [0.1, 0.15) is 6.10 Å². The van der Waals surface area contributed by atoms with E-state index in [0.717, 1.165) is 0 Å². The molecule has 0 saturated carbocycles. The van der Waals surface area contributed by atoms with Gasteiger partial charge in [-0.05, 0) is 0 Å². The van der Waals surface area contributed by atoms with Crippen molar-refractivity contribution < 1.29 is 53.8 Å². The molecule has 0 aliphatic rings. The van der Waals surface area contributed by atoms with E-state index < -0.39 is 21.7 Å². The molecule has 14 heteroatoms. The molecule has 0 saturated heterocycles. The van der Waals surface area contributed by atoms with Gasteiger partial charge in [0.25, 0.3) is 0 Å². The van der Waals surface area contributed by atoms with Crippen molar-refractivity contribution in [2.24, 2.45) is 0 Å². The third-order valence-electron chi connectivity index (χ3n) is 0.421. The summed E-state index contributed by atoms with van der Waals surface area (Å²) in [6.45, 7) is -0.729. The van der Waals surface area contributed by atoms with Gasteiger partial charge in [0, 0.05) is 0 Å². The summed E-state index contributed by atoms with van der Waals surface area (Å²) in [7, 11) is -9.28. The number of aliphatic hydroxyl groups is 3. The predicted molar refractivity (Wildman–Crippen MR) is 55.9 cm³/mol. The average molecular weight is 328 g/mol. The van der Waals surface area contributed by atoms with Crippen molar-refractivity contribution >= 4 is 67.0 Å². The SMILES string of the molecule is O=P(O)(O)O.O=P(O)(O)O.OCC(O)CO.[KH]. The summed E-state index contributed by atoms with van der Waals surface area (Å²) in [5, 5.41) is 24.0. The van der Waals surface area contributed by atoms with E-state index in [2.05, 4.69) is 0 Å². The molecule has 9 N–H and O–H groups in total. The number of hydrogen-bond donors (Lipinski definition) is 9. The molecule has 0 aliphatic heterocycles. The molecule has 0 bridgehead atoms. The molecule has 104 valence electrons. The van der Waals surface area contributed by atoms with Gasteiger partial charge >= 0.3 is 67.0 Å². The van der Waals surface area contributed by atoms with Crippen LogP contribution in [0.1, 0.15) is 0 Å². The summed E-state index contributed by atoms with van der Waals surface area (Å²) >= 11 is 0. The second kappa shape index (κ2) is 14.2. The van der Waals surface area contributed by atoms with Crippen LogP contribution in [0.25, 0.3) is 0 Å². The quantitative estimate of drug-likeness (QED) is 0.175. The van der Waals surface area contributed by atoms with Crippen molar-refractivity contribution in [3.05, 3.63) is 0 Å². The third-order valence-corrected chi connectivity index (χ3v) is 0.421. The molecule has 0 atom stereocenters. The third kappa shape index (κ3) is 133. The number of rotatable bonds is 2. The summed E-state index contributed by atoms with van der Waals surface area (Å²) in [6, 6.07) is 0. The molecule has 0 fully saturated rings. The zero-order valence-corrected chi connectivity index (χ0v) is 9.52. The van der Waals surface area contributed by atoms with Gasteiger partial charge in [0.05, 0.1) is 13.2 Å². The zero-order valence-electron chi connectivity index (χ0n) is 7.73. The van der Waals surface area contributed by atoms with Gasteiger partial charge in [-0.25, -0.2) is 9.13 Å². The van der Waals surface area contributed by atoms with Gasteiger partial charge in [-0.1, -0.05) is 0 Å². The van der Waals surface area contributed by atoms with Crippen LogP contribution in [0.2, 0.25) is 0 Å². The van der Waals surface area contributed by atoms with E-state index in [1.165, 1.54) is 0 Å². The molecule has 17 heavy (non-hydrogen) atoms. The molecular weight excluding hydrogens is 313 g/mol. The second-order valence-electron chi connectivity index (χ2n) is 2.05. The molecule has 0 unspecified atom stereocenters. The number of aliphatic hydroxyl groups excluding tert-OH is 3. The zero-order chi connectivity index (χ0) is 14.0. The Labute approximate surface area is 139 Å².